The van der Waals surface area contributed by atoms with Crippen LogP contribution in [0.1, 0.15) is 19.4 Å². The predicted molar refractivity (Wildman–Crippen MR) is 85.0 cm³/mol. The van der Waals surface area contributed by atoms with Gasteiger partial charge in [0.05, 0.1) is 16.9 Å². The molecule has 1 aromatic rings. The number of carbonyl (C=O) groups is 2. The molecule has 1 atom stereocenters. The molecule has 1 aliphatic heterocycles. The molecule has 2 rings (SSSR count). The van der Waals surface area contributed by atoms with Gasteiger partial charge in [-0.1, -0.05) is 50.0 Å². The molecular weight excluding hydrogens is 325 g/mol. The Bertz CT molecular complexity index is 655. The summed E-state index contributed by atoms with van der Waals surface area (Å²) < 4.78 is 13.1. The fourth-order valence-corrected chi connectivity index (χ4v) is 3.44. The minimum Gasteiger partial charge on any atom is -0.548 e. The highest BCUT2D eigenvalue weighted by Crippen LogP contribution is 2.35. The molecule has 0 aromatic heterocycles. The molecular formula is C15H13FNO3S2-. The van der Waals surface area contributed by atoms with Gasteiger partial charge in [-0.3, -0.25) is 9.69 Å². The molecule has 1 aliphatic rings. The Kier molecular flexibility index (Phi) is 4.97. The van der Waals surface area contributed by atoms with Gasteiger partial charge in [-0.15, -0.1) is 0 Å². The number of aliphatic carboxylic acids is 1. The smallest absolute Gasteiger partial charge is 0.266 e. The number of hydrogen-bond acceptors (Lipinski definition) is 5. The van der Waals surface area contributed by atoms with E-state index in [1.165, 1.54) is 24.3 Å². The predicted octanol–water partition coefficient (Wildman–Crippen LogP) is 1.80. The lowest BCUT2D eigenvalue weighted by atomic mass is 10.0. The van der Waals surface area contributed by atoms with Gasteiger partial charge in [-0.2, -0.15) is 0 Å². The topological polar surface area (TPSA) is 60.4 Å². The molecule has 1 saturated heterocycles. The van der Waals surface area contributed by atoms with Gasteiger partial charge in [0, 0.05) is 0 Å². The van der Waals surface area contributed by atoms with E-state index in [1.807, 2.05) is 0 Å². The highest BCUT2D eigenvalue weighted by atomic mass is 32.2. The van der Waals surface area contributed by atoms with Crippen LogP contribution in [-0.2, 0) is 9.59 Å². The van der Waals surface area contributed by atoms with E-state index in [2.05, 4.69) is 0 Å². The third-order valence-corrected chi connectivity index (χ3v) is 4.47. The zero-order valence-electron chi connectivity index (χ0n) is 11.9. The molecule has 7 heteroatoms. The number of halogens is 1. The van der Waals surface area contributed by atoms with Gasteiger partial charge in [0.1, 0.15) is 10.1 Å². The van der Waals surface area contributed by atoms with Crippen LogP contribution in [0.25, 0.3) is 6.08 Å². The molecule has 1 heterocycles. The van der Waals surface area contributed by atoms with E-state index >= 15 is 0 Å². The van der Waals surface area contributed by atoms with Gasteiger partial charge in [0.2, 0.25) is 0 Å². The van der Waals surface area contributed by atoms with Gasteiger partial charge in [0.15, 0.2) is 0 Å². The average Bonchev–Trinajstić information content (AvgIpc) is 2.69. The maximum atomic E-state index is 12.9. The number of rotatable bonds is 4. The lowest BCUT2D eigenvalue weighted by molar-refractivity contribution is -0.311. The molecule has 116 valence electrons. The number of carboxylic acids is 1. The van der Waals surface area contributed by atoms with Gasteiger partial charge in [-0.25, -0.2) is 4.39 Å². The molecule has 1 fully saturated rings. The molecule has 22 heavy (non-hydrogen) atoms. The lowest BCUT2D eigenvalue weighted by Crippen LogP contribution is -2.52. The van der Waals surface area contributed by atoms with Crippen LogP contribution in [0.2, 0.25) is 0 Å². The summed E-state index contributed by atoms with van der Waals surface area (Å²) in [6, 6.07) is 4.52. The van der Waals surface area contributed by atoms with E-state index < -0.39 is 17.9 Å². The summed E-state index contributed by atoms with van der Waals surface area (Å²) in [4.78, 5) is 25.1. The summed E-state index contributed by atoms with van der Waals surface area (Å²) in [5.74, 6) is -2.52. The second-order valence-corrected chi connectivity index (χ2v) is 6.79. The fourth-order valence-electron chi connectivity index (χ4n) is 2.11. The number of benzene rings is 1. The number of hydrogen-bond donors (Lipinski definition) is 0. The minimum absolute atomic E-state index is 0.182. The van der Waals surface area contributed by atoms with Crippen molar-refractivity contribution in [1.82, 2.24) is 4.90 Å². The average molecular weight is 338 g/mol. The van der Waals surface area contributed by atoms with Crippen LogP contribution in [-0.4, -0.2) is 27.1 Å². The number of nitrogens with zero attached hydrogens (tertiary/aromatic N) is 1. The Morgan fingerprint density at radius 1 is 1.36 bits per heavy atom. The van der Waals surface area contributed by atoms with E-state index in [4.69, 9.17) is 12.2 Å². The Balaban J connectivity index is 2.32. The molecule has 0 saturated carbocycles. The summed E-state index contributed by atoms with van der Waals surface area (Å²) in [5.41, 5.74) is 0.636. The molecule has 1 aromatic carbocycles. The molecule has 1 unspecified atom stereocenters. The zero-order valence-corrected chi connectivity index (χ0v) is 13.5. The fraction of sp³-hybridized carbons (Fsp3) is 0.267. The van der Waals surface area contributed by atoms with Crippen LogP contribution in [0.3, 0.4) is 0 Å². The Morgan fingerprint density at radius 2 is 1.95 bits per heavy atom. The third-order valence-electron chi connectivity index (χ3n) is 3.14. The molecule has 0 spiro atoms. The molecule has 0 aliphatic carbocycles. The van der Waals surface area contributed by atoms with Gasteiger partial charge in [0.25, 0.3) is 5.91 Å². The van der Waals surface area contributed by atoms with Crippen LogP contribution >= 0.6 is 24.0 Å². The van der Waals surface area contributed by atoms with Crippen molar-refractivity contribution < 1.29 is 19.1 Å². The number of thiocarbonyl (C=S) groups is 1. The first kappa shape index (κ1) is 16.6. The summed E-state index contributed by atoms with van der Waals surface area (Å²) >= 11 is 6.15. The SMILES string of the molecule is CC(C)C(C(=O)[O-])N1C(=O)/C(=C/c2ccc(F)cc2)SC1=S. The van der Waals surface area contributed by atoms with Gasteiger partial charge in [-0.05, 0) is 29.7 Å². The first-order valence-corrected chi connectivity index (χ1v) is 7.77. The third kappa shape index (κ3) is 3.36. The molecule has 1 amide bonds. The van der Waals surface area contributed by atoms with E-state index in [1.54, 1.807) is 19.9 Å². The van der Waals surface area contributed by atoms with Crippen LogP contribution in [0, 0.1) is 11.7 Å². The number of carbonyl (C=O) groups excluding carboxylic acids is 2. The van der Waals surface area contributed by atoms with Crippen molar-refractivity contribution in [2.45, 2.75) is 19.9 Å². The summed E-state index contributed by atoms with van der Waals surface area (Å²) in [6.07, 6.45) is 1.56. The zero-order chi connectivity index (χ0) is 16.4. The van der Waals surface area contributed by atoms with E-state index in [9.17, 15) is 19.1 Å². The minimum atomic E-state index is -1.34. The van der Waals surface area contributed by atoms with Crippen molar-refractivity contribution in [1.29, 1.82) is 0 Å². The normalized spacial score (nSPS) is 18.4. The van der Waals surface area contributed by atoms with E-state index in [0.29, 0.717) is 10.5 Å². The van der Waals surface area contributed by atoms with E-state index in [-0.39, 0.29) is 16.1 Å². The monoisotopic (exact) mass is 338 g/mol. The summed E-state index contributed by atoms with van der Waals surface area (Å²) in [6.45, 7) is 3.37. The summed E-state index contributed by atoms with van der Waals surface area (Å²) in [5, 5.41) is 11.3. The Labute approximate surface area is 137 Å². The first-order chi connectivity index (χ1) is 10.3. The van der Waals surface area contributed by atoms with E-state index in [0.717, 1.165) is 16.7 Å². The van der Waals surface area contributed by atoms with Crippen molar-refractivity contribution in [3.8, 4) is 0 Å². The highest BCUT2D eigenvalue weighted by Gasteiger charge is 2.38. The quantitative estimate of drug-likeness (QED) is 0.619. The number of amides is 1. The Hall–Kier alpha value is -1.73. The van der Waals surface area contributed by atoms with Crippen molar-refractivity contribution in [3.05, 3.63) is 40.6 Å². The second kappa shape index (κ2) is 6.58. The van der Waals surface area contributed by atoms with Gasteiger partial charge >= 0.3 is 0 Å². The number of carboxylic acid groups (broad SMARTS) is 1. The van der Waals surface area contributed by atoms with Crippen molar-refractivity contribution in [2.75, 3.05) is 0 Å². The standard InChI is InChI=1S/C15H14FNO3S2/c1-8(2)12(14(19)20)17-13(18)11(22-15(17)21)7-9-3-5-10(16)6-4-9/h3-8,12H,1-2H3,(H,19,20)/p-1/b11-7-. The highest BCUT2D eigenvalue weighted by molar-refractivity contribution is 8.26. The van der Waals surface area contributed by atoms with Gasteiger partial charge < -0.3 is 9.90 Å². The van der Waals surface area contributed by atoms with Crippen molar-refractivity contribution in [2.24, 2.45) is 5.92 Å². The lowest BCUT2D eigenvalue weighted by Gasteiger charge is -2.30. The van der Waals surface area contributed by atoms with Crippen LogP contribution in [0.15, 0.2) is 29.2 Å². The van der Waals surface area contributed by atoms with Crippen molar-refractivity contribution >= 4 is 46.3 Å². The maximum absolute atomic E-state index is 12.9. The van der Waals surface area contributed by atoms with Crippen molar-refractivity contribution in [3.63, 3.8) is 0 Å². The largest absolute Gasteiger partial charge is 0.548 e. The maximum Gasteiger partial charge on any atom is 0.266 e. The van der Waals surface area contributed by atoms with Crippen LogP contribution < -0.4 is 5.11 Å². The van der Waals surface area contributed by atoms with Crippen LogP contribution in [0.5, 0.6) is 0 Å². The van der Waals surface area contributed by atoms with Crippen LogP contribution in [0.4, 0.5) is 4.39 Å². The molecule has 0 bridgehead atoms. The molecule has 4 nitrogen and oxygen atoms in total. The number of thioether (sulfide) groups is 1. The summed E-state index contributed by atoms with van der Waals surface area (Å²) in [7, 11) is 0. The molecule has 0 N–H and O–H groups in total. The Morgan fingerprint density at radius 3 is 2.45 bits per heavy atom. The second-order valence-electron chi connectivity index (χ2n) is 5.11. The first-order valence-electron chi connectivity index (χ1n) is 6.54. The molecule has 0 radical (unpaired) electrons.